The van der Waals surface area contributed by atoms with Gasteiger partial charge in [-0.15, -0.1) is 0 Å². The number of nitrogens with zero attached hydrogens (tertiary/aromatic N) is 2. The van der Waals surface area contributed by atoms with Crippen molar-refractivity contribution in [2.45, 2.75) is 72.2 Å². The number of hydrogen-bond acceptors (Lipinski definition) is 26. The fourth-order valence-electron chi connectivity index (χ4n) is 6.08. The average molecular weight is 1370 g/mol. The first-order valence-corrected chi connectivity index (χ1v) is 28.5. The normalized spacial score (nSPS) is 11.1. The Labute approximate surface area is 539 Å². The molecule has 4 aromatic rings. The Morgan fingerprint density at radius 1 is 0.404 bits per heavy atom. The summed E-state index contributed by atoms with van der Waals surface area (Å²) >= 11 is 30.2. The van der Waals surface area contributed by atoms with Crippen molar-refractivity contribution in [1.82, 2.24) is 0 Å². The van der Waals surface area contributed by atoms with E-state index >= 15 is 0 Å². The second-order valence-electron chi connectivity index (χ2n) is 17.6. The van der Waals surface area contributed by atoms with Crippen LogP contribution in [-0.4, -0.2) is 139 Å². The summed E-state index contributed by atoms with van der Waals surface area (Å²) in [4.78, 5) is 132. The zero-order valence-corrected chi connectivity index (χ0v) is 51.7. The maximum atomic E-state index is 11.9. The van der Waals surface area contributed by atoms with E-state index in [0.717, 1.165) is 13.2 Å². The van der Waals surface area contributed by atoms with Crippen molar-refractivity contribution in [1.29, 1.82) is 0 Å². The number of alkyl halides is 6. The summed E-state index contributed by atoms with van der Waals surface area (Å²) in [5, 5.41) is 0. The number of aliphatic imine (C=N–C) groups is 2. The van der Waals surface area contributed by atoms with Crippen LogP contribution >= 0.6 is 69.6 Å². The van der Waals surface area contributed by atoms with Gasteiger partial charge in [0.25, 0.3) is 0 Å². The molecule has 0 unspecified atom stereocenters. The summed E-state index contributed by atoms with van der Waals surface area (Å²) in [5.74, 6) is -2.26. The van der Waals surface area contributed by atoms with E-state index in [2.05, 4.69) is 19.5 Å². The van der Waals surface area contributed by atoms with Crippen LogP contribution in [0.5, 0.6) is 23.0 Å². The van der Waals surface area contributed by atoms with E-state index in [1.165, 1.54) is 73.5 Å². The van der Waals surface area contributed by atoms with Crippen molar-refractivity contribution in [2.24, 2.45) is 9.98 Å². The highest BCUT2D eigenvalue weighted by molar-refractivity contribution is 6.67. The van der Waals surface area contributed by atoms with Crippen LogP contribution in [-0.2, 0) is 81.1 Å². The van der Waals surface area contributed by atoms with E-state index in [1.54, 1.807) is 48.5 Å². The number of ether oxygens (including phenoxy) is 11. The molecule has 32 heteroatoms. The number of rotatable bonds is 32. The van der Waals surface area contributed by atoms with Gasteiger partial charge in [-0.1, -0.05) is 0 Å². The van der Waals surface area contributed by atoms with Gasteiger partial charge in [0, 0.05) is 50.3 Å². The van der Waals surface area contributed by atoms with Crippen LogP contribution < -0.4 is 30.4 Å². The molecule has 1 saturated heterocycles. The zero-order valence-electron chi connectivity index (χ0n) is 47.2. The quantitative estimate of drug-likeness (QED) is 0.00873. The number of benzene rings is 4. The molecule has 0 aromatic heterocycles. The van der Waals surface area contributed by atoms with Gasteiger partial charge in [0.15, 0.2) is 38.0 Å². The van der Waals surface area contributed by atoms with Gasteiger partial charge in [-0.25, -0.2) is 24.0 Å². The Morgan fingerprint density at radius 2 is 0.697 bits per heavy atom. The van der Waals surface area contributed by atoms with E-state index in [9.17, 15) is 52.7 Å². The van der Waals surface area contributed by atoms with Crippen molar-refractivity contribution >= 4 is 158 Å². The maximum Gasteiger partial charge on any atom is 0.515 e. The van der Waals surface area contributed by atoms with Gasteiger partial charge in [-0.05, 0) is 205 Å². The molecule has 1 fully saturated rings. The fourth-order valence-corrected chi connectivity index (χ4v) is 6.46. The lowest BCUT2D eigenvalue weighted by Gasteiger charge is -2.15. The van der Waals surface area contributed by atoms with E-state index in [-0.39, 0.29) is 76.1 Å². The summed E-state index contributed by atoms with van der Waals surface area (Å²) in [6.07, 6.45) is 5.84. The molecule has 0 saturated carbocycles. The monoisotopic (exact) mass is 1360 g/mol. The Morgan fingerprint density at radius 3 is 1.00 bits per heavy atom. The lowest BCUT2D eigenvalue weighted by Crippen LogP contribution is -2.22. The predicted molar refractivity (Wildman–Crippen MR) is 321 cm³/mol. The van der Waals surface area contributed by atoms with Gasteiger partial charge in [-0.3, -0.25) is 28.8 Å². The molecule has 89 heavy (non-hydrogen) atoms. The van der Waals surface area contributed by atoms with Gasteiger partial charge in [-0.2, -0.15) is 9.98 Å². The molecule has 0 aliphatic carbocycles. The summed E-state index contributed by atoms with van der Waals surface area (Å²) in [7, 11) is 0. The Kier molecular flexibility index (Phi) is 38.5. The molecular weight excluding hydrogens is 1310 g/mol. The van der Waals surface area contributed by atoms with Gasteiger partial charge in [0.2, 0.25) is 23.7 Å². The van der Waals surface area contributed by atoms with E-state index in [4.69, 9.17) is 124 Å². The number of anilines is 2. The van der Waals surface area contributed by atoms with E-state index in [0.29, 0.717) is 71.4 Å². The molecule has 0 bridgehead atoms. The average Bonchev–Trinajstić information content (AvgIpc) is 4.18. The molecule has 4 N–H and O–H groups in total. The highest BCUT2D eigenvalue weighted by atomic mass is 35.6. The predicted octanol–water partition coefficient (Wildman–Crippen LogP) is 9.55. The number of nitrogen functional groups attached to an aromatic ring is 2. The number of carbonyl (C=O) groups excluding carboxylic acids is 11. The second kappa shape index (κ2) is 44.4. The molecule has 0 radical (unpaired) electrons. The molecule has 26 nitrogen and oxygen atoms in total. The number of hydrogen-bond donors (Lipinski definition) is 2. The Bertz CT molecular complexity index is 2770. The topological polar surface area (TPSA) is 366 Å². The third kappa shape index (κ3) is 42.5. The smallest absolute Gasteiger partial charge is 0.486 e. The first kappa shape index (κ1) is 77.1. The van der Waals surface area contributed by atoms with Crippen molar-refractivity contribution in [2.75, 3.05) is 77.5 Å². The van der Waals surface area contributed by atoms with Crippen molar-refractivity contribution < 1.29 is 105 Å². The van der Waals surface area contributed by atoms with Crippen LogP contribution in [0, 0.1) is 0 Å². The molecular formula is C57H60Cl6N4O22. The summed E-state index contributed by atoms with van der Waals surface area (Å²) in [5.41, 5.74) is 13.1. The van der Waals surface area contributed by atoms with Crippen LogP contribution in [0.25, 0.3) is 0 Å². The third-order valence-electron chi connectivity index (χ3n) is 10.3. The van der Waals surface area contributed by atoms with Gasteiger partial charge < -0.3 is 63.6 Å². The minimum Gasteiger partial charge on any atom is -0.486 e. The SMILES string of the molecule is C1CCOC1.Nc1ccc(OCC(=O)COC(=O)CCCCC(=O)COC(=O)COc2ccc(N)cc2)cc1.O=C(OC(Cl)(Cl)Cl)OC(Cl)(Cl)Cl.O=C=Nc1ccc(OCC(=O)COC(=O)CCCCC(=O)COC(=O)COc2ccc(N=C=O)cc2)cc1. The lowest BCUT2D eigenvalue weighted by atomic mass is 10.1. The zero-order chi connectivity index (χ0) is 65.9. The number of halogens is 6. The van der Waals surface area contributed by atoms with Crippen LogP contribution in [0.4, 0.5) is 27.5 Å². The second-order valence-corrected chi connectivity index (χ2v) is 21.9. The van der Waals surface area contributed by atoms with Crippen LogP contribution in [0.3, 0.4) is 0 Å². The van der Waals surface area contributed by atoms with Crippen LogP contribution in [0.15, 0.2) is 107 Å². The van der Waals surface area contributed by atoms with Gasteiger partial charge in [0.1, 0.15) is 49.4 Å². The van der Waals surface area contributed by atoms with E-state index in [1.807, 2.05) is 0 Å². The highest BCUT2D eigenvalue weighted by Crippen LogP contribution is 2.32. The minimum atomic E-state index is -2.24. The standard InChI is InChI=1S/C26H24N2O10.C24H28N2O8.C4H8O.C3Cl6O3/c29-17-27-19-5-9-23(10-6-19)35-14-22(32)15-37-25(33)4-2-1-3-21(31)13-38-26(34)16-36-24-11-7-20(8-12-24)28-18-30;25-17-5-9-21(10-6-17)31-14-20(28)15-33-23(29)4-2-1-3-19(27)13-34-24(30)16-32-22-11-7-18(26)8-12-22;1-2-4-5-3-1;4-2(5,6)11-1(10)12-3(7,8)9/h5-12H,1-4,13-16H2;5-12H,1-4,13-16,25-26H2;1-4H2;. The molecule has 1 aliphatic heterocycles. The maximum absolute atomic E-state index is 11.9. The third-order valence-corrected chi connectivity index (χ3v) is 10.7. The van der Waals surface area contributed by atoms with Gasteiger partial charge in [0.05, 0.1) is 11.4 Å². The number of isocyanates is 2. The van der Waals surface area contributed by atoms with E-state index < -0.39 is 63.6 Å². The van der Waals surface area contributed by atoms with Gasteiger partial charge >= 0.3 is 38.0 Å². The Hall–Kier alpha value is -8.03. The number of nitrogens with two attached hydrogens (primary N) is 2. The molecule has 0 amide bonds. The number of ketones is 4. The summed E-state index contributed by atoms with van der Waals surface area (Å²) in [6, 6.07) is 25.2. The first-order chi connectivity index (χ1) is 42.3. The number of unbranched alkanes of at least 4 members (excludes halogenated alkanes) is 2. The molecule has 482 valence electrons. The number of carbonyl (C=O) groups is 9. The summed E-state index contributed by atoms with van der Waals surface area (Å²) in [6.45, 7) is -0.867. The molecule has 1 aliphatic rings. The molecule has 0 atom stereocenters. The van der Waals surface area contributed by atoms with Crippen LogP contribution in [0.1, 0.15) is 64.2 Å². The lowest BCUT2D eigenvalue weighted by molar-refractivity contribution is -0.150. The first-order valence-electron chi connectivity index (χ1n) is 26.2. The molecule has 0 spiro atoms. The van der Waals surface area contributed by atoms with Crippen LogP contribution in [0.2, 0.25) is 0 Å². The Balaban J connectivity index is 0.000000481. The minimum absolute atomic E-state index is 0.0186. The molecule has 5 rings (SSSR count). The highest BCUT2D eigenvalue weighted by Gasteiger charge is 2.32. The van der Waals surface area contributed by atoms with Crippen molar-refractivity contribution in [3.63, 3.8) is 0 Å². The number of esters is 4. The molecule has 4 aromatic carbocycles. The molecule has 1 heterocycles. The van der Waals surface area contributed by atoms with Crippen molar-refractivity contribution in [3.05, 3.63) is 97.1 Å². The summed E-state index contributed by atoms with van der Waals surface area (Å²) < 4.78 is 49.0. The largest absolute Gasteiger partial charge is 0.515 e. The number of Topliss-reactive ketones (excluding diaryl/α,β-unsaturated/α-hetero) is 4. The fraction of sp³-hybridized carbons (Fsp3) is 0.386. The van der Waals surface area contributed by atoms with Crippen molar-refractivity contribution in [3.8, 4) is 23.0 Å².